The number of thiophene rings is 1. The molecule has 1 aromatic heterocycles. The largest absolute Gasteiger partial charge is 0.384 e. The van der Waals surface area contributed by atoms with Gasteiger partial charge in [-0.05, 0) is 37.6 Å². The van der Waals surface area contributed by atoms with Crippen molar-refractivity contribution in [2.75, 3.05) is 0 Å². The Balaban J connectivity index is 2.30. The minimum Gasteiger partial charge on any atom is -0.384 e. The van der Waals surface area contributed by atoms with E-state index in [2.05, 4.69) is 0 Å². The Morgan fingerprint density at radius 3 is 2.67 bits per heavy atom. The van der Waals surface area contributed by atoms with Crippen molar-refractivity contribution < 1.29 is 9.50 Å². The molecule has 1 N–H and O–H groups in total. The van der Waals surface area contributed by atoms with E-state index in [0.29, 0.717) is 5.56 Å². The fraction of sp³-hybridized carbons (Fsp3) is 0.286. The van der Waals surface area contributed by atoms with Crippen molar-refractivity contribution in [3.05, 3.63) is 56.5 Å². The number of aliphatic hydroxyl groups is 1. The van der Waals surface area contributed by atoms with Crippen LogP contribution in [-0.4, -0.2) is 5.11 Å². The summed E-state index contributed by atoms with van der Waals surface area (Å²) in [5.41, 5.74) is -0.650. The van der Waals surface area contributed by atoms with Gasteiger partial charge in [0, 0.05) is 16.2 Å². The predicted octanol–water partition coefficient (Wildman–Crippen LogP) is 4.30. The number of benzene rings is 1. The van der Waals surface area contributed by atoms with Crippen molar-refractivity contribution >= 4 is 22.9 Å². The molecule has 0 saturated carbocycles. The lowest BCUT2D eigenvalue weighted by molar-refractivity contribution is 0.0605. The van der Waals surface area contributed by atoms with Crippen LogP contribution in [0.15, 0.2) is 30.3 Å². The summed E-state index contributed by atoms with van der Waals surface area (Å²) in [5.74, 6) is -0.451. The quantitative estimate of drug-likeness (QED) is 0.891. The molecular weight excluding hydrogens is 271 g/mol. The Kier molecular flexibility index (Phi) is 3.76. The number of halogens is 2. The average molecular weight is 285 g/mol. The van der Waals surface area contributed by atoms with E-state index in [-0.39, 0.29) is 11.4 Å². The molecule has 0 aliphatic rings. The summed E-state index contributed by atoms with van der Waals surface area (Å²) in [6.45, 7) is 3.67. The molecule has 18 heavy (non-hydrogen) atoms. The molecule has 1 atom stereocenters. The van der Waals surface area contributed by atoms with Crippen LogP contribution in [0.3, 0.4) is 0 Å². The van der Waals surface area contributed by atoms with E-state index in [1.54, 1.807) is 19.1 Å². The highest BCUT2D eigenvalue weighted by Crippen LogP contribution is 2.32. The molecule has 0 aliphatic heterocycles. The molecule has 0 saturated heterocycles. The number of aryl methyl sites for hydroxylation is 1. The van der Waals surface area contributed by atoms with E-state index in [1.165, 1.54) is 17.4 Å². The third-order valence-corrected chi connectivity index (χ3v) is 4.38. The van der Waals surface area contributed by atoms with Gasteiger partial charge in [-0.3, -0.25) is 0 Å². The van der Waals surface area contributed by atoms with Crippen LogP contribution < -0.4 is 0 Å². The van der Waals surface area contributed by atoms with Crippen LogP contribution in [0.5, 0.6) is 0 Å². The predicted molar refractivity (Wildman–Crippen MR) is 73.7 cm³/mol. The smallest absolute Gasteiger partial charge is 0.145 e. The first-order valence-corrected chi connectivity index (χ1v) is 6.82. The zero-order valence-corrected chi connectivity index (χ0v) is 11.8. The Hall–Kier alpha value is -0.900. The molecule has 1 aromatic carbocycles. The molecule has 2 rings (SSSR count). The molecular formula is C14H14ClFOS. The summed E-state index contributed by atoms with van der Waals surface area (Å²) in [4.78, 5) is 1.95. The van der Waals surface area contributed by atoms with Gasteiger partial charge >= 0.3 is 0 Å². The van der Waals surface area contributed by atoms with Crippen LogP contribution in [0.1, 0.15) is 22.2 Å². The monoisotopic (exact) mass is 284 g/mol. The van der Waals surface area contributed by atoms with Crippen molar-refractivity contribution in [2.45, 2.75) is 25.9 Å². The summed E-state index contributed by atoms with van der Waals surface area (Å²) in [6, 6.07) is 8.67. The van der Waals surface area contributed by atoms with Gasteiger partial charge in [0.2, 0.25) is 0 Å². The van der Waals surface area contributed by atoms with Gasteiger partial charge in [0.15, 0.2) is 0 Å². The van der Waals surface area contributed by atoms with E-state index in [0.717, 1.165) is 9.75 Å². The van der Waals surface area contributed by atoms with Gasteiger partial charge in [-0.15, -0.1) is 11.3 Å². The molecule has 96 valence electrons. The molecule has 1 unspecified atom stereocenters. The average Bonchev–Trinajstić information content (AvgIpc) is 2.72. The highest BCUT2D eigenvalue weighted by atomic mass is 35.5. The lowest BCUT2D eigenvalue weighted by atomic mass is 9.94. The Morgan fingerprint density at radius 1 is 1.33 bits per heavy atom. The van der Waals surface area contributed by atoms with Crippen molar-refractivity contribution in [1.29, 1.82) is 0 Å². The van der Waals surface area contributed by atoms with Crippen LogP contribution in [0, 0.1) is 12.7 Å². The van der Waals surface area contributed by atoms with Gasteiger partial charge in [0.05, 0.1) is 5.02 Å². The second-order valence-corrected chi connectivity index (χ2v) is 6.27. The van der Waals surface area contributed by atoms with Crippen molar-refractivity contribution in [3.63, 3.8) is 0 Å². The second-order valence-electron chi connectivity index (χ2n) is 4.57. The van der Waals surface area contributed by atoms with E-state index in [9.17, 15) is 9.50 Å². The summed E-state index contributed by atoms with van der Waals surface area (Å²) in [6.07, 6.45) is 0.208. The molecule has 0 aliphatic carbocycles. The highest BCUT2D eigenvalue weighted by molar-refractivity contribution is 7.12. The van der Waals surface area contributed by atoms with Crippen LogP contribution in [0.25, 0.3) is 0 Å². The minimum atomic E-state index is -1.08. The molecule has 0 radical (unpaired) electrons. The van der Waals surface area contributed by atoms with Crippen LogP contribution in [0.2, 0.25) is 5.02 Å². The van der Waals surface area contributed by atoms with Gasteiger partial charge in [0.25, 0.3) is 0 Å². The van der Waals surface area contributed by atoms with E-state index < -0.39 is 11.4 Å². The molecule has 0 bridgehead atoms. The molecule has 0 fully saturated rings. The third kappa shape index (κ3) is 2.74. The SMILES string of the molecule is Cc1ccc(C(C)(O)Cc2cccc(Cl)c2F)s1. The number of hydrogen-bond donors (Lipinski definition) is 1. The highest BCUT2D eigenvalue weighted by Gasteiger charge is 2.26. The topological polar surface area (TPSA) is 20.2 Å². The minimum absolute atomic E-state index is 0.0886. The van der Waals surface area contributed by atoms with Crippen molar-refractivity contribution in [2.24, 2.45) is 0 Å². The van der Waals surface area contributed by atoms with E-state index >= 15 is 0 Å². The number of hydrogen-bond acceptors (Lipinski definition) is 2. The van der Waals surface area contributed by atoms with Crippen molar-refractivity contribution in [1.82, 2.24) is 0 Å². The van der Waals surface area contributed by atoms with Gasteiger partial charge in [-0.1, -0.05) is 23.7 Å². The first kappa shape index (κ1) is 13.5. The van der Waals surface area contributed by atoms with Gasteiger partial charge in [-0.25, -0.2) is 4.39 Å². The van der Waals surface area contributed by atoms with E-state index in [4.69, 9.17) is 11.6 Å². The Bertz CT molecular complexity index is 563. The lowest BCUT2D eigenvalue weighted by Gasteiger charge is -2.22. The molecule has 2 aromatic rings. The fourth-order valence-electron chi connectivity index (χ4n) is 1.87. The maximum atomic E-state index is 13.8. The first-order chi connectivity index (χ1) is 8.40. The standard InChI is InChI=1S/C14H14ClFOS/c1-9-6-7-12(18-9)14(2,17)8-10-4-3-5-11(15)13(10)16/h3-7,17H,8H2,1-2H3. The Labute approximate surface area is 115 Å². The van der Waals surface area contributed by atoms with Crippen LogP contribution in [0.4, 0.5) is 4.39 Å². The molecule has 0 spiro atoms. The van der Waals surface area contributed by atoms with Crippen molar-refractivity contribution in [3.8, 4) is 0 Å². The molecule has 1 heterocycles. The Morgan fingerprint density at radius 2 is 2.06 bits per heavy atom. The summed E-state index contributed by atoms with van der Waals surface area (Å²) in [5, 5.41) is 10.6. The fourth-order valence-corrected chi connectivity index (χ4v) is 2.97. The maximum Gasteiger partial charge on any atom is 0.145 e. The summed E-state index contributed by atoms with van der Waals surface area (Å²) >= 11 is 7.26. The summed E-state index contributed by atoms with van der Waals surface area (Å²) in [7, 11) is 0. The molecule has 0 amide bonds. The third-order valence-electron chi connectivity index (χ3n) is 2.84. The molecule has 1 nitrogen and oxygen atoms in total. The normalized spacial score (nSPS) is 14.5. The van der Waals surface area contributed by atoms with Gasteiger partial charge < -0.3 is 5.11 Å². The second kappa shape index (κ2) is 5.00. The van der Waals surface area contributed by atoms with Crippen LogP contribution >= 0.6 is 22.9 Å². The van der Waals surface area contributed by atoms with E-state index in [1.807, 2.05) is 19.1 Å². The maximum absolute atomic E-state index is 13.8. The zero-order valence-electron chi connectivity index (χ0n) is 10.2. The van der Waals surface area contributed by atoms with Gasteiger partial charge in [-0.2, -0.15) is 0 Å². The zero-order chi connectivity index (χ0) is 13.3. The van der Waals surface area contributed by atoms with Crippen LogP contribution in [-0.2, 0) is 12.0 Å². The first-order valence-electron chi connectivity index (χ1n) is 5.62. The lowest BCUT2D eigenvalue weighted by Crippen LogP contribution is -2.23. The molecule has 4 heteroatoms. The summed E-state index contributed by atoms with van der Waals surface area (Å²) < 4.78 is 13.8. The van der Waals surface area contributed by atoms with Gasteiger partial charge in [0.1, 0.15) is 11.4 Å². The number of rotatable bonds is 3.